The SMILES string of the molecule is N#Cc1ccc(CSCC(=O)N2CCCC2C(=O)Nc2nccs2)cc1. The van der Waals surface area contributed by atoms with Crippen molar-refractivity contribution in [2.75, 3.05) is 17.6 Å². The molecule has 1 unspecified atom stereocenters. The lowest BCUT2D eigenvalue weighted by molar-refractivity contribution is -0.134. The van der Waals surface area contributed by atoms with Gasteiger partial charge in [0.25, 0.3) is 0 Å². The first-order valence-electron chi connectivity index (χ1n) is 8.24. The highest BCUT2D eigenvalue weighted by Gasteiger charge is 2.34. The largest absolute Gasteiger partial charge is 0.330 e. The minimum absolute atomic E-state index is 0.0135. The molecule has 1 aliphatic rings. The molecule has 1 aromatic heterocycles. The fraction of sp³-hybridized carbons (Fsp3) is 0.333. The third kappa shape index (κ3) is 4.62. The van der Waals surface area contributed by atoms with Crippen LogP contribution in [0.3, 0.4) is 0 Å². The number of thiazole rings is 1. The van der Waals surface area contributed by atoms with Crippen LogP contribution in [0.1, 0.15) is 24.0 Å². The summed E-state index contributed by atoms with van der Waals surface area (Å²) >= 11 is 2.88. The number of aromatic nitrogens is 1. The van der Waals surface area contributed by atoms with Gasteiger partial charge in [0, 0.05) is 23.9 Å². The van der Waals surface area contributed by atoms with Crippen molar-refractivity contribution in [3.8, 4) is 6.07 Å². The van der Waals surface area contributed by atoms with Gasteiger partial charge >= 0.3 is 0 Å². The predicted molar refractivity (Wildman–Crippen MR) is 103 cm³/mol. The number of nitrogens with one attached hydrogen (secondary N) is 1. The lowest BCUT2D eigenvalue weighted by atomic mass is 10.2. The molecule has 1 aliphatic heterocycles. The Morgan fingerprint density at radius 2 is 2.19 bits per heavy atom. The lowest BCUT2D eigenvalue weighted by Crippen LogP contribution is -2.43. The monoisotopic (exact) mass is 386 g/mol. The Balaban J connectivity index is 1.49. The van der Waals surface area contributed by atoms with E-state index in [0.717, 1.165) is 12.0 Å². The maximum absolute atomic E-state index is 12.5. The van der Waals surface area contributed by atoms with E-state index in [1.54, 1.807) is 28.6 Å². The van der Waals surface area contributed by atoms with Gasteiger partial charge in [-0.05, 0) is 30.5 Å². The summed E-state index contributed by atoms with van der Waals surface area (Å²) in [7, 11) is 0. The second-order valence-electron chi connectivity index (χ2n) is 5.87. The maximum atomic E-state index is 12.5. The molecule has 0 bridgehead atoms. The average molecular weight is 387 g/mol. The zero-order valence-electron chi connectivity index (χ0n) is 14.1. The first-order valence-corrected chi connectivity index (χ1v) is 10.3. The standard InChI is InChI=1S/C18H18N4O2S2/c19-10-13-3-5-14(6-4-13)11-25-12-16(23)22-8-1-2-15(22)17(24)21-18-20-7-9-26-18/h3-7,9,15H,1-2,8,11-12H2,(H,20,21,24). The number of rotatable bonds is 6. The molecule has 8 heteroatoms. The Hall–Kier alpha value is -2.37. The van der Waals surface area contributed by atoms with Crippen LogP contribution in [0, 0.1) is 11.3 Å². The van der Waals surface area contributed by atoms with Gasteiger partial charge in [-0.3, -0.25) is 9.59 Å². The number of nitriles is 1. The first kappa shape index (κ1) is 18.4. The number of thioether (sulfide) groups is 1. The molecule has 26 heavy (non-hydrogen) atoms. The van der Waals surface area contributed by atoms with Crippen molar-refractivity contribution in [2.24, 2.45) is 0 Å². The summed E-state index contributed by atoms with van der Waals surface area (Å²) in [6, 6.07) is 9.02. The molecule has 0 saturated carbocycles. The summed E-state index contributed by atoms with van der Waals surface area (Å²) in [4.78, 5) is 30.7. The van der Waals surface area contributed by atoms with Gasteiger partial charge in [0.15, 0.2) is 5.13 Å². The zero-order valence-corrected chi connectivity index (χ0v) is 15.7. The van der Waals surface area contributed by atoms with Crippen LogP contribution < -0.4 is 5.32 Å². The molecular weight excluding hydrogens is 368 g/mol. The van der Waals surface area contributed by atoms with Crippen LogP contribution in [0.2, 0.25) is 0 Å². The number of hydrogen-bond acceptors (Lipinski definition) is 6. The Morgan fingerprint density at radius 1 is 1.38 bits per heavy atom. The Bertz CT molecular complexity index is 800. The molecule has 0 radical (unpaired) electrons. The lowest BCUT2D eigenvalue weighted by Gasteiger charge is -2.23. The van der Waals surface area contributed by atoms with E-state index in [1.165, 1.54) is 23.1 Å². The van der Waals surface area contributed by atoms with Crippen molar-refractivity contribution in [1.29, 1.82) is 5.26 Å². The van der Waals surface area contributed by atoms with Crippen molar-refractivity contribution in [3.05, 3.63) is 47.0 Å². The summed E-state index contributed by atoms with van der Waals surface area (Å²) in [5.41, 5.74) is 1.70. The molecule has 134 valence electrons. The fourth-order valence-electron chi connectivity index (χ4n) is 2.83. The quantitative estimate of drug-likeness (QED) is 0.825. The fourth-order valence-corrected chi connectivity index (χ4v) is 4.23. The van der Waals surface area contributed by atoms with Crippen molar-refractivity contribution < 1.29 is 9.59 Å². The van der Waals surface area contributed by atoms with E-state index < -0.39 is 6.04 Å². The molecule has 2 aromatic rings. The minimum atomic E-state index is -0.415. The minimum Gasteiger partial charge on any atom is -0.330 e. The number of carbonyl (C=O) groups excluding carboxylic acids is 2. The molecule has 0 aliphatic carbocycles. The van der Waals surface area contributed by atoms with Crippen LogP contribution >= 0.6 is 23.1 Å². The van der Waals surface area contributed by atoms with Crippen LogP contribution in [0.15, 0.2) is 35.8 Å². The van der Waals surface area contributed by atoms with Gasteiger partial charge in [-0.2, -0.15) is 5.26 Å². The van der Waals surface area contributed by atoms with E-state index >= 15 is 0 Å². The van der Waals surface area contributed by atoms with Crippen molar-refractivity contribution in [2.45, 2.75) is 24.6 Å². The van der Waals surface area contributed by atoms with Gasteiger partial charge in [0.2, 0.25) is 11.8 Å². The molecule has 1 aromatic carbocycles. The summed E-state index contributed by atoms with van der Waals surface area (Å²) in [5, 5.41) is 13.9. The third-order valence-electron chi connectivity index (χ3n) is 4.12. The number of likely N-dealkylation sites (tertiary alicyclic amines) is 1. The normalized spacial score (nSPS) is 16.3. The van der Waals surface area contributed by atoms with E-state index in [4.69, 9.17) is 5.26 Å². The number of hydrogen-bond donors (Lipinski definition) is 1. The first-order chi connectivity index (χ1) is 12.7. The maximum Gasteiger partial charge on any atom is 0.248 e. The van der Waals surface area contributed by atoms with E-state index in [1.807, 2.05) is 12.1 Å². The van der Waals surface area contributed by atoms with E-state index in [2.05, 4.69) is 16.4 Å². The Kier molecular flexibility index (Phi) is 6.26. The molecule has 0 spiro atoms. The summed E-state index contributed by atoms with van der Waals surface area (Å²) in [6.45, 7) is 0.617. The number of benzene rings is 1. The average Bonchev–Trinajstić information content (AvgIpc) is 3.34. The van der Waals surface area contributed by atoms with Crippen LogP contribution in [0.4, 0.5) is 5.13 Å². The van der Waals surface area contributed by atoms with Gasteiger partial charge in [-0.25, -0.2) is 4.98 Å². The van der Waals surface area contributed by atoms with Crippen LogP contribution in [-0.2, 0) is 15.3 Å². The van der Waals surface area contributed by atoms with Crippen LogP contribution in [-0.4, -0.2) is 40.0 Å². The summed E-state index contributed by atoms with van der Waals surface area (Å²) in [6.07, 6.45) is 3.16. The highest BCUT2D eigenvalue weighted by atomic mass is 32.2. The number of carbonyl (C=O) groups is 2. The molecule has 3 rings (SSSR count). The second kappa shape index (κ2) is 8.83. The van der Waals surface area contributed by atoms with Gasteiger partial charge in [0.05, 0.1) is 17.4 Å². The Labute approximate surface area is 160 Å². The summed E-state index contributed by atoms with van der Waals surface area (Å²) < 4.78 is 0. The molecule has 1 N–H and O–H groups in total. The van der Waals surface area contributed by atoms with Crippen molar-refractivity contribution in [3.63, 3.8) is 0 Å². The van der Waals surface area contributed by atoms with Crippen molar-refractivity contribution in [1.82, 2.24) is 9.88 Å². The summed E-state index contributed by atoms with van der Waals surface area (Å²) in [5.74, 6) is 0.853. The van der Waals surface area contributed by atoms with Crippen LogP contribution in [0.25, 0.3) is 0 Å². The van der Waals surface area contributed by atoms with Gasteiger partial charge < -0.3 is 10.2 Å². The molecule has 1 saturated heterocycles. The predicted octanol–water partition coefficient (Wildman–Crippen LogP) is 2.88. The molecule has 6 nitrogen and oxygen atoms in total. The van der Waals surface area contributed by atoms with Gasteiger partial charge in [-0.1, -0.05) is 12.1 Å². The van der Waals surface area contributed by atoms with E-state index in [0.29, 0.717) is 35.2 Å². The smallest absolute Gasteiger partial charge is 0.248 e. The highest BCUT2D eigenvalue weighted by Crippen LogP contribution is 2.22. The topological polar surface area (TPSA) is 86.1 Å². The zero-order chi connectivity index (χ0) is 18.4. The van der Waals surface area contributed by atoms with Crippen LogP contribution in [0.5, 0.6) is 0 Å². The van der Waals surface area contributed by atoms with E-state index in [9.17, 15) is 9.59 Å². The van der Waals surface area contributed by atoms with E-state index in [-0.39, 0.29) is 11.8 Å². The van der Waals surface area contributed by atoms with Gasteiger partial charge in [-0.15, -0.1) is 23.1 Å². The molecule has 1 fully saturated rings. The molecule has 2 amide bonds. The molecule has 1 atom stereocenters. The number of anilines is 1. The van der Waals surface area contributed by atoms with Gasteiger partial charge in [0.1, 0.15) is 6.04 Å². The number of amides is 2. The third-order valence-corrected chi connectivity index (χ3v) is 5.79. The van der Waals surface area contributed by atoms with Crippen molar-refractivity contribution >= 4 is 40.0 Å². The molecular formula is C18H18N4O2S2. The number of nitrogens with zero attached hydrogens (tertiary/aromatic N) is 3. The highest BCUT2D eigenvalue weighted by molar-refractivity contribution is 7.99. The molecule has 2 heterocycles. The second-order valence-corrected chi connectivity index (χ2v) is 7.75. The Morgan fingerprint density at radius 3 is 2.88 bits per heavy atom.